The molecule has 7 nitrogen and oxygen atoms in total. The van der Waals surface area contributed by atoms with E-state index in [0.29, 0.717) is 32.5 Å². The van der Waals surface area contributed by atoms with E-state index < -0.39 is 17.7 Å². The number of hydrogen-bond acceptors (Lipinski definition) is 7. The molecule has 2 aromatic carbocycles. The van der Waals surface area contributed by atoms with Crippen LogP contribution < -0.4 is 9.64 Å². The number of hydrogen-bond donors (Lipinski definition) is 1. The first-order valence-electron chi connectivity index (χ1n) is 9.89. The average molecular weight is 478 g/mol. The van der Waals surface area contributed by atoms with Crippen molar-refractivity contribution in [2.24, 2.45) is 0 Å². The van der Waals surface area contributed by atoms with Crippen molar-refractivity contribution < 1.29 is 19.4 Å². The van der Waals surface area contributed by atoms with E-state index in [-0.39, 0.29) is 11.3 Å². The maximum Gasteiger partial charge on any atom is 0.301 e. The number of halogens is 1. The second-order valence-corrected chi connectivity index (χ2v) is 8.74. The Balaban J connectivity index is 1.71. The first-order chi connectivity index (χ1) is 16.0. The Labute approximate surface area is 197 Å². The van der Waals surface area contributed by atoms with Crippen LogP contribution in [0, 0.1) is 0 Å². The van der Waals surface area contributed by atoms with E-state index >= 15 is 0 Å². The third kappa shape index (κ3) is 3.63. The molecule has 33 heavy (non-hydrogen) atoms. The number of Topliss-reactive ketones (excluding diaryl/α,β-unsaturated/α-hetero) is 1. The molecule has 164 valence electrons. The smallest absolute Gasteiger partial charge is 0.301 e. The van der Waals surface area contributed by atoms with Crippen molar-refractivity contribution in [2.75, 3.05) is 12.0 Å². The van der Waals surface area contributed by atoms with Crippen LogP contribution in [0.3, 0.4) is 0 Å². The van der Waals surface area contributed by atoms with Crippen LogP contribution in [-0.2, 0) is 9.59 Å². The number of ketones is 1. The number of aliphatic hydroxyl groups is 1. The zero-order valence-corrected chi connectivity index (χ0v) is 18.8. The number of methoxy groups -OCH3 is 1. The predicted octanol–water partition coefficient (Wildman–Crippen LogP) is 4.98. The molecule has 0 saturated carbocycles. The van der Waals surface area contributed by atoms with Crippen LogP contribution in [0.2, 0.25) is 5.02 Å². The third-order valence-electron chi connectivity index (χ3n) is 5.35. The monoisotopic (exact) mass is 477 g/mol. The van der Waals surface area contributed by atoms with Crippen molar-refractivity contribution in [1.82, 2.24) is 9.97 Å². The topological polar surface area (TPSA) is 92.6 Å². The Morgan fingerprint density at radius 3 is 2.64 bits per heavy atom. The van der Waals surface area contributed by atoms with Crippen LogP contribution in [0.4, 0.5) is 5.13 Å². The molecule has 1 aliphatic rings. The number of carbonyl (C=O) groups excluding carboxylic acids is 2. The number of carbonyl (C=O) groups is 2. The van der Waals surface area contributed by atoms with E-state index in [9.17, 15) is 14.7 Å². The van der Waals surface area contributed by atoms with Gasteiger partial charge in [0.25, 0.3) is 5.78 Å². The number of nitrogens with zero attached hydrogens (tertiary/aromatic N) is 3. The molecule has 5 rings (SSSR count). The van der Waals surface area contributed by atoms with Gasteiger partial charge in [-0.1, -0.05) is 29.0 Å². The lowest BCUT2D eigenvalue weighted by Gasteiger charge is -2.22. The minimum Gasteiger partial charge on any atom is -0.507 e. The molecule has 0 bridgehead atoms. The lowest BCUT2D eigenvalue weighted by molar-refractivity contribution is -0.132. The van der Waals surface area contributed by atoms with E-state index in [0.717, 1.165) is 4.70 Å². The minimum atomic E-state index is -0.892. The van der Waals surface area contributed by atoms with Crippen LogP contribution >= 0.6 is 22.9 Å². The summed E-state index contributed by atoms with van der Waals surface area (Å²) in [6, 6.07) is 14.3. The van der Waals surface area contributed by atoms with Crippen LogP contribution in [0.25, 0.3) is 16.0 Å². The molecular formula is C24H16ClN3O4S. The van der Waals surface area contributed by atoms with Crippen molar-refractivity contribution in [1.29, 1.82) is 0 Å². The number of anilines is 1. The quantitative estimate of drug-likeness (QED) is 0.253. The zero-order valence-electron chi connectivity index (χ0n) is 17.2. The molecule has 1 N–H and O–H groups in total. The SMILES string of the molecule is COc1ccc2nc(N3C(=O)C(=O)C(=C(O)c4ccc(Cl)cc4)C3c3cccnc3)sc2c1. The van der Waals surface area contributed by atoms with Gasteiger partial charge in [0.15, 0.2) is 5.13 Å². The number of ether oxygens (including phenoxy) is 1. The first-order valence-corrected chi connectivity index (χ1v) is 11.1. The fourth-order valence-corrected chi connectivity index (χ4v) is 4.92. The second-order valence-electron chi connectivity index (χ2n) is 7.29. The van der Waals surface area contributed by atoms with Gasteiger partial charge in [0.2, 0.25) is 0 Å². The summed E-state index contributed by atoms with van der Waals surface area (Å²) >= 11 is 7.22. The van der Waals surface area contributed by atoms with E-state index in [1.165, 1.54) is 16.2 Å². The van der Waals surface area contributed by atoms with Crippen molar-refractivity contribution in [2.45, 2.75) is 6.04 Å². The molecule has 4 aromatic rings. The molecule has 2 aromatic heterocycles. The molecule has 1 unspecified atom stereocenters. The number of benzene rings is 2. The third-order valence-corrected chi connectivity index (χ3v) is 6.62. The Kier molecular flexibility index (Phi) is 5.32. The van der Waals surface area contributed by atoms with Crippen LogP contribution in [0.1, 0.15) is 17.2 Å². The van der Waals surface area contributed by atoms with E-state index in [1.807, 2.05) is 6.07 Å². The molecule has 9 heteroatoms. The van der Waals surface area contributed by atoms with Gasteiger partial charge in [0.1, 0.15) is 11.5 Å². The molecule has 0 radical (unpaired) electrons. The highest BCUT2D eigenvalue weighted by Crippen LogP contribution is 2.44. The van der Waals surface area contributed by atoms with Crippen molar-refractivity contribution in [3.05, 3.63) is 88.7 Å². The van der Waals surface area contributed by atoms with Crippen LogP contribution in [0.5, 0.6) is 5.75 Å². The van der Waals surface area contributed by atoms with Gasteiger partial charge in [0.05, 0.1) is 28.9 Å². The van der Waals surface area contributed by atoms with Crippen LogP contribution in [-0.4, -0.2) is 33.9 Å². The van der Waals surface area contributed by atoms with Crippen molar-refractivity contribution >= 4 is 55.7 Å². The maximum absolute atomic E-state index is 13.2. The summed E-state index contributed by atoms with van der Waals surface area (Å²) in [4.78, 5) is 36.4. The van der Waals surface area contributed by atoms with Gasteiger partial charge in [-0.3, -0.25) is 19.5 Å². The average Bonchev–Trinajstić information content (AvgIpc) is 3.37. The lowest BCUT2D eigenvalue weighted by Crippen LogP contribution is -2.29. The maximum atomic E-state index is 13.2. The van der Waals surface area contributed by atoms with E-state index in [2.05, 4.69) is 9.97 Å². The van der Waals surface area contributed by atoms with Crippen molar-refractivity contribution in [3.63, 3.8) is 0 Å². The standard InChI is InChI=1S/C24H16ClN3O4S/c1-32-16-8-9-17-18(11-16)33-24(27-17)28-20(14-3-2-10-26-12-14)19(22(30)23(28)31)21(29)13-4-6-15(25)7-5-13/h2-12,20,29H,1H3. The van der Waals surface area contributed by atoms with Gasteiger partial charge in [-0.25, -0.2) is 4.98 Å². The number of amides is 1. The predicted molar refractivity (Wildman–Crippen MR) is 127 cm³/mol. The van der Waals surface area contributed by atoms with Gasteiger partial charge in [-0.2, -0.15) is 0 Å². The number of rotatable bonds is 4. The Hall–Kier alpha value is -3.75. The number of pyridine rings is 1. The van der Waals surface area contributed by atoms with Crippen molar-refractivity contribution in [3.8, 4) is 5.75 Å². The molecule has 1 fully saturated rings. The molecular weight excluding hydrogens is 462 g/mol. The summed E-state index contributed by atoms with van der Waals surface area (Å²) in [5, 5.41) is 11.9. The number of fused-ring (bicyclic) bond motifs is 1. The summed E-state index contributed by atoms with van der Waals surface area (Å²) in [7, 11) is 1.57. The van der Waals surface area contributed by atoms with E-state index in [1.54, 1.807) is 68.0 Å². The highest BCUT2D eigenvalue weighted by molar-refractivity contribution is 7.22. The summed E-state index contributed by atoms with van der Waals surface area (Å²) in [5.74, 6) is -1.20. The fourth-order valence-electron chi connectivity index (χ4n) is 3.77. The summed E-state index contributed by atoms with van der Waals surface area (Å²) < 4.78 is 6.08. The summed E-state index contributed by atoms with van der Waals surface area (Å²) in [6.45, 7) is 0. The number of thiazole rings is 1. The number of aliphatic hydroxyl groups excluding tert-OH is 1. The molecule has 1 atom stereocenters. The highest BCUT2D eigenvalue weighted by atomic mass is 35.5. The van der Waals surface area contributed by atoms with Gasteiger partial charge >= 0.3 is 5.91 Å². The fraction of sp³-hybridized carbons (Fsp3) is 0.0833. The summed E-state index contributed by atoms with van der Waals surface area (Å²) in [6.07, 6.45) is 3.16. The lowest BCUT2D eigenvalue weighted by atomic mass is 9.96. The Morgan fingerprint density at radius 2 is 1.94 bits per heavy atom. The normalized spacial score (nSPS) is 17.6. The van der Waals surface area contributed by atoms with E-state index in [4.69, 9.17) is 16.3 Å². The van der Waals surface area contributed by atoms with Gasteiger partial charge in [0, 0.05) is 23.0 Å². The molecule has 1 aliphatic heterocycles. The Bertz CT molecular complexity index is 1420. The molecule has 0 spiro atoms. The largest absolute Gasteiger partial charge is 0.507 e. The highest BCUT2D eigenvalue weighted by Gasteiger charge is 2.48. The minimum absolute atomic E-state index is 0.0350. The molecule has 0 aliphatic carbocycles. The van der Waals surface area contributed by atoms with Crippen LogP contribution in [0.15, 0.2) is 72.6 Å². The molecule has 1 amide bonds. The molecule has 3 heterocycles. The second kappa shape index (κ2) is 8.31. The summed E-state index contributed by atoms with van der Waals surface area (Å²) in [5.41, 5.74) is 1.58. The van der Waals surface area contributed by atoms with Gasteiger partial charge < -0.3 is 9.84 Å². The zero-order chi connectivity index (χ0) is 23.1. The Morgan fingerprint density at radius 1 is 1.15 bits per heavy atom. The molecule has 1 saturated heterocycles. The van der Waals surface area contributed by atoms with Gasteiger partial charge in [-0.15, -0.1) is 0 Å². The van der Waals surface area contributed by atoms with Gasteiger partial charge in [-0.05, 0) is 54.1 Å². The first kappa shape index (κ1) is 21.1. The number of aromatic nitrogens is 2.